The largest absolute Gasteiger partial charge is 0.270 e. The predicted molar refractivity (Wildman–Crippen MR) is 79.5 cm³/mol. The number of aryl methyl sites for hydroxylation is 1. The number of hydrazine groups is 1. The Morgan fingerprint density at radius 2 is 1.81 bits per heavy atom. The van der Waals surface area contributed by atoms with E-state index in [0.717, 1.165) is 16.9 Å². The zero-order chi connectivity index (χ0) is 14.7. The second kappa shape index (κ2) is 5.82. The van der Waals surface area contributed by atoms with E-state index in [9.17, 15) is 0 Å². The fourth-order valence-electron chi connectivity index (χ4n) is 2.16. The van der Waals surface area contributed by atoms with Gasteiger partial charge in [0.1, 0.15) is 6.04 Å². The summed E-state index contributed by atoms with van der Waals surface area (Å²) in [5, 5.41) is 4.36. The van der Waals surface area contributed by atoms with Crippen molar-refractivity contribution in [2.45, 2.75) is 13.0 Å². The second-order valence-electron chi connectivity index (χ2n) is 4.72. The number of aromatic nitrogens is 4. The maximum atomic E-state index is 5.71. The molecule has 2 heterocycles. The lowest BCUT2D eigenvalue weighted by Gasteiger charge is -2.16. The normalized spacial score (nSPS) is 12.3. The van der Waals surface area contributed by atoms with Crippen LogP contribution in [0, 0.1) is 6.92 Å². The number of nitrogens with two attached hydrogens (primary N) is 1. The molecule has 0 spiro atoms. The molecule has 2 aromatic heterocycles. The minimum atomic E-state index is -0.326. The molecule has 1 aromatic carbocycles. The molecular formula is C15H16N6. The van der Waals surface area contributed by atoms with Crippen LogP contribution in [0.5, 0.6) is 0 Å². The molecule has 3 N–H and O–H groups in total. The Labute approximate surface area is 122 Å². The molecule has 0 bridgehead atoms. The number of nitrogens with one attached hydrogen (secondary N) is 1. The average Bonchev–Trinajstić information content (AvgIpc) is 3.00. The fraction of sp³-hybridized carbons (Fsp3) is 0.133. The van der Waals surface area contributed by atoms with Crippen LogP contribution in [0.3, 0.4) is 0 Å². The second-order valence-corrected chi connectivity index (χ2v) is 4.72. The highest BCUT2D eigenvalue weighted by Gasteiger charge is 2.20. The lowest BCUT2D eigenvalue weighted by Crippen LogP contribution is -2.31. The molecule has 106 valence electrons. The number of para-hydroxylation sites is 1. The van der Waals surface area contributed by atoms with Crippen LogP contribution in [0.4, 0.5) is 0 Å². The Morgan fingerprint density at radius 3 is 2.48 bits per heavy atom. The molecule has 0 amide bonds. The number of nitrogens with zero attached hydrogens (tertiary/aromatic N) is 4. The van der Waals surface area contributed by atoms with Gasteiger partial charge in [-0.15, -0.1) is 0 Å². The van der Waals surface area contributed by atoms with E-state index in [0.29, 0.717) is 5.82 Å². The van der Waals surface area contributed by atoms with Crippen LogP contribution < -0.4 is 11.3 Å². The molecule has 6 heteroatoms. The molecule has 1 atom stereocenters. The molecule has 0 aliphatic carbocycles. The summed E-state index contributed by atoms with van der Waals surface area (Å²) in [7, 11) is 0. The summed E-state index contributed by atoms with van der Waals surface area (Å²) >= 11 is 0. The van der Waals surface area contributed by atoms with Gasteiger partial charge in [-0.05, 0) is 30.7 Å². The summed E-state index contributed by atoms with van der Waals surface area (Å²) in [6.07, 6.45) is 5.28. The van der Waals surface area contributed by atoms with Crippen molar-refractivity contribution in [1.82, 2.24) is 25.2 Å². The van der Waals surface area contributed by atoms with Crippen molar-refractivity contribution >= 4 is 0 Å². The minimum absolute atomic E-state index is 0.326. The van der Waals surface area contributed by atoms with Crippen molar-refractivity contribution in [1.29, 1.82) is 0 Å². The van der Waals surface area contributed by atoms with Gasteiger partial charge in [0.25, 0.3) is 0 Å². The summed E-state index contributed by atoms with van der Waals surface area (Å²) in [6.45, 7) is 1.95. The maximum Gasteiger partial charge on any atom is 0.152 e. The molecule has 0 aliphatic heterocycles. The van der Waals surface area contributed by atoms with E-state index in [2.05, 4.69) is 20.5 Å². The molecule has 0 radical (unpaired) electrons. The first-order valence-electron chi connectivity index (χ1n) is 6.63. The van der Waals surface area contributed by atoms with Gasteiger partial charge in [-0.3, -0.25) is 5.84 Å². The SMILES string of the molecule is Cc1cnc(C(NN)c2ccnn2-c2ccccc2)nc1. The van der Waals surface area contributed by atoms with Crippen molar-refractivity contribution in [2.24, 2.45) is 5.84 Å². The Kier molecular flexibility index (Phi) is 3.72. The molecule has 1 unspecified atom stereocenters. The number of hydrogen-bond donors (Lipinski definition) is 2. The Morgan fingerprint density at radius 1 is 1.10 bits per heavy atom. The van der Waals surface area contributed by atoms with E-state index in [1.165, 1.54) is 0 Å². The van der Waals surface area contributed by atoms with Crippen LogP contribution in [0.2, 0.25) is 0 Å². The highest BCUT2D eigenvalue weighted by atomic mass is 15.3. The summed E-state index contributed by atoms with van der Waals surface area (Å²) in [4.78, 5) is 8.69. The standard InChI is InChI=1S/C15H16N6/c1-11-9-17-15(18-10-11)14(20-16)13-7-8-19-21(13)12-5-3-2-4-6-12/h2-10,14,20H,16H2,1H3. The lowest BCUT2D eigenvalue weighted by molar-refractivity contribution is 0.567. The van der Waals surface area contributed by atoms with Gasteiger partial charge in [-0.1, -0.05) is 18.2 Å². The molecule has 0 saturated heterocycles. The summed E-state index contributed by atoms with van der Waals surface area (Å²) in [5.74, 6) is 6.32. The predicted octanol–water partition coefficient (Wildman–Crippen LogP) is 1.52. The average molecular weight is 280 g/mol. The number of benzene rings is 1. The third kappa shape index (κ3) is 2.67. The molecule has 21 heavy (non-hydrogen) atoms. The first-order chi connectivity index (χ1) is 10.3. The van der Waals surface area contributed by atoms with Crippen LogP contribution in [-0.2, 0) is 0 Å². The maximum absolute atomic E-state index is 5.71. The number of hydrogen-bond acceptors (Lipinski definition) is 5. The highest BCUT2D eigenvalue weighted by molar-refractivity contribution is 5.34. The molecule has 6 nitrogen and oxygen atoms in total. The monoisotopic (exact) mass is 280 g/mol. The molecule has 0 aliphatic rings. The third-order valence-corrected chi connectivity index (χ3v) is 3.19. The van der Waals surface area contributed by atoms with Crippen LogP contribution in [0.1, 0.15) is 23.1 Å². The quantitative estimate of drug-likeness (QED) is 0.559. The van der Waals surface area contributed by atoms with E-state index in [-0.39, 0.29) is 6.04 Å². The van der Waals surface area contributed by atoms with Crippen molar-refractivity contribution in [3.8, 4) is 5.69 Å². The minimum Gasteiger partial charge on any atom is -0.270 e. The van der Waals surface area contributed by atoms with E-state index < -0.39 is 0 Å². The Balaban J connectivity index is 2.03. The van der Waals surface area contributed by atoms with Crippen LogP contribution in [0.15, 0.2) is 55.0 Å². The van der Waals surface area contributed by atoms with Crippen LogP contribution in [0.25, 0.3) is 5.69 Å². The molecule has 0 saturated carbocycles. The lowest BCUT2D eigenvalue weighted by atomic mass is 10.2. The van der Waals surface area contributed by atoms with Crippen LogP contribution >= 0.6 is 0 Å². The van der Waals surface area contributed by atoms with E-state index in [1.54, 1.807) is 18.6 Å². The highest BCUT2D eigenvalue weighted by Crippen LogP contribution is 2.20. The Hall–Kier alpha value is -2.57. The molecule has 3 rings (SSSR count). The van der Waals surface area contributed by atoms with E-state index >= 15 is 0 Å². The van der Waals surface area contributed by atoms with Crippen molar-refractivity contribution in [3.63, 3.8) is 0 Å². The van der Waals surface area contributed by atoms with Crippen molar-refractivity contribution in [3.05, 3.63) is 72.1 Å². The zero-order valence-electron chi connectivity index (χ0n) is 11.6. The van der Waals surface area contributed by atoms with E-state index in [1.807, 2.05) is 48.0 Å². The Bertz CT molecular complexity index is 705. The first-order valence-corrected chi connectivity index (χ1v) is 6.63. The van der Waals surface area contributed by atoms with E-state index in [4.69, 9.17) is 5.84 Å². The van der Waals surface area contributed by atoms with Gasteiger partial charge in [0.05, 0.1) is 11.4 Å². The van der Waals surface area contributed by atoms with Gasteiger partial charge in [-0.25, -0.2) is 20.1 Å². The van der Waals surface area contributed by atoms with Gasteiger partial charge >= 0.3 is 0 Å². The summed E-state index contributed by atoms with van der Waals surface area (Å²) in [5.41, 5.74) is 5.62. The van der Waals surface area contributed by atoms with Gasteiger partial charge in [0.15, 0.2) is 5.82 Å². The third-order valence-electron chi connectivity index (χ3n) is 3.19. The van der Waals surface area contributed by atoms with Gasteiger partial charge in [0.2, 0.25) is 0 Å². The zero-order valence-corrected chi connectivity index (χ0v) is 11.6. The van der Waals surface area contributed by atoms with Crippen LogP contribution in [-0.4, -0.2) is 19.7 Å². The van der Waals surface area contributed by atoms with Gasteiger partial charge < -0.3 is 0 Å². The fourth-order valence-corrected chi connectivity index (χ4v) is 2.16. The first kappa shape index (κ1) is 13.4. The molecule has 3 aromatic rings. The number of rotatable bonds is 4. The smallest absolute Gasteiger partial charge is 0.152 e. The van der Waals surface area contributed by atoms with Gasteiger partial charge in [0, 0.05) is 18.6 Å². The summed E-state index contributed by atoms with van der Waals surface area (Å²) < 4.78 is 1.83. The topological polar surface area (TPSA) is 81.6 Å². The molecular weight excluding hydrogens is 264 g/mol. The van der Waals surface area contributed by atoms with Crippen molar-refractivity contribution in [2.75, 3.05) is 0 Å². The van der Waals surface area contributed by atoms with Gasteiger partial charge in [-0.2, -0.15) is 5.10 Å². The molecule has 0 fully saturated rings. The van der Waals surface area contributed by atoms with Crippen molar-refractivity contribution < 1.29 is 0 Å². The summed E-state index contributed by atoms with van der Waals surface area (Å²) in [6, 6.07) is 11.4.